The van der Waals surface area contributed by atoms with E-state index < -0.39 is 12.0 Å². The fraction of sp³-hybridized carbons (Fsp3) is 0.273. The van der Waals surface area contributed by atoms with Crippen molar-refractivity contribution >= 4 is 11.9 Å². The Kier molecular flexibility index (Phi) is 6.07. The summed E-state index contributed by atoms with van der Waals surface area (Å²) in [7, 11) is 2.96. The predicted octanol–water partition coefficient (Wildman–Crippen LogP) is 2.74. The summed E-state index contributed by atoms with van der Waals surface area (Å²) in [6.07, 6.45) is 3.70. The van der Waals surface area contributed by atoms with Gasteiger partial charge in [-0.15, -0.1) is 5.10 Å². The first-order valence-electron chi connectivity index (χ1n) is 9.28. The van der Waals surface area contributed by atoms with Gasteiger partial charge in [0.05, 0.1) is 25.2 Å². The Bertz CT molecular complexity index is 977. The highest BCUT2D eigenvalue weighted by atomic mass is 16.5. The molecule has 0 bridgehead atoms. The maximum Gasteiger partial charge on any atom is 0.328 e. The summed E-state index contributed by atoms with van der Waals surface area (Å²) in [5.74, 6) is -0.669. The van der Waals surface area contributed by atoms with E-state index in [1.165, 1.54) is 12.0 Å². The standard InChI is InChI=1S/C22H24N4O3/c1-15-11-16(2)13-18(12-15)21(27)25(3)20(22(28)29-4)14-17-5-7-19(8-6-17)26-10-9-23-24-26/h5-13,20H,14H2,1-4H3/t20-/m0/s1. The van der Waals surface area contributed by atoms with Crippen LogP contribution in [0, 0.1) is 13.8 Å². The number of methoxy groups -OCH3 is 1. The summed E-state index contributed by atoms with van der Waals surface area (Å²) in [5, 5.41) is 7.75. The number of hydrogen-bond acceptors (Lipinski definition) is 5. The van der Waals surface area contributed by atoms with Gasteiger partial charge in [-0.05, 0) is 43.7 Å². The molecule has 0 aliphatic rings. The number of benzene rings is 2. The highest BCUT2D eigenvalue weighted by Crippen LogP contribution is 2.17. The molecule has 0 radical (unpaired) electrons. The average molecular weight is 392 g/mol. The number of esters is 1. The summed E-state index contributed by atoms with van der Waals surface area (Å²) in [6.45, 7) is 3.89. The molecule has 1 heterocycles. The van der Waals surface area contributed by atoms with Crippen molar-refractivity contribution in [3.8, 4) is 5.69 Å². The number of amides is 1. The number of carbonyl (C=O) groups is 2. The Morgan fingerprint density at radius 3 is 2.31 bits per heavy atom. The number of likely N-dealkylation sites (N-methyl/N-ethyl adjacent to an activating group) is 1. The lowest BCUT2D eigenvalue weighted by atomic mass is 10.0. The molecule has 3 aromatic rings. The fourth-order valence-electron chi connectivity index (χ4n) is 3.31. The molecule has 150 valence electrons. The van der Waals surface area contributed by atoms with Crippen LogP contribution in [0.2, 0.25) is 0 Å². The summed E-state index contributed by atoms with van der Waals surface area (Å²) in [6, 6.07) is 12.5. The molecule has 3 rings (SSSR count). The summed E-state index contributed by atoms with van der Waals surface area (Å²) >= 11 is 0. The summed E-state index contributed by atoms with van der Waals surface area (Å²) in [5.41, 5.74) is 4.32. The van der Waals surface area contributed by atoms with Crippen molar-refractivity contribution in [3.63, 3.8) is 0 Å². The topological polar surface area (TPSA) is 77.3 Å². The van der Waals surface area contributed by atoms with E-state index in [2.05, 4.69) is 10.3 Å². The van der Waals surface area contributed by atoms with Gasteiger partial charge >= 0.3 is 5.97 Å². The second kappa shape index (κ2) is 8.68. The van der Waals surface area contributed by atoms with Crippen LogP contribution in [0.1, 0.15) is 27.0 Å². The van der Waals surface area contributed by atoms with Gasteiger partial charge in [0, 0.05) is 19.0 Å². The Labute approximate surface area is 169 Å². The average Bonchev–Trinajstić information content (AvgIpc) is 3.25. The lowest BCUT2D eigenvalue weighted by molar-refractivity contribution is -0.145. The van der Waals surface area contributed by atoms with Crippen molar-refractivity contribution in [1.82, 2.24) is 19.9 Å². The maximum atomic E-state index is 13.0. The van der Waals surface area contributed by atoms with Crippen LogP contribution in [-0.2, 0) is 16.0 Å². The van der Waals surface area contributed by atoms with Gasteiger partial charge in [0.15, 0.2) is 0 Å². The SMILES string of the molecule is COC(=O)[C@H](Cc1ccc(-n2ccnn2)cc1)N(C)C(=O)c1cc(C)cc(C)c1. The lowest BCUT2D eigenvalue weighted by Crippen LogP contribution is -2.44. The van der Waals surface area contributed by atoms with Crippen molar-refractivity contribution in [2.45, 2.75) is 26.3 Å². The third-order valence-electron chi connectivity index (χ3n) is 4.78. The highest BCUT2D eigenvalue weighted by molar-refractivity contribution is 5.97. The van der Waals surface area contributed by atoms with E-state index in [9.17, 15) is 9.59 Å². The highest BCUT2D eigenvalue weighted by Gasteiger charge is 2.29. The zero-order chi connectivity index (χ0) is 21.0. The monoisotopic (exact) mass is 392 g/mol. The minimum absolute atomic E-state index is 0.216. The Hall–Kier alpha value is -3.48. The van der Waals surface area contributed by atoms with Crippen LogP contribution in [0.15, 0.2) is 54.9 Å². The number of rotatable bonds is 6. The van der Waals surface area contributed by atoms with Crippen LogP contribution in [0.25, 0.3) is 5.69 Å². The second-order valence-corrected chi connectivity index (χ2v) is 7.05. The number of aryl methyl sites for hydroxylation is 2. The minimum Gasteiger partial charge on any atom is -0.467 e. The van der Waals surface area contributed by atoms with Gasteiger partial charge in [0.2, 0.25) is 0 Å². The Balaban J connectivity index is 1.82. The van der Waals surface area contributed by atoms with E-state index in [4.69, 9.17) is 4.74 Å². The first kappa shape index (κ1) is 20.3. The number of nitrogens with zero attached hydrogens (tertiary/aromatic N) is 4. The van der Waals surface area contributed by atoms with Gasteiger partial charge in [0.1, 0.15) is 6.04 Å². The normalized spacial score (nSPS) is 11.7. The molecular weight excluding hydrogens is 368 g/mol. The van der Waals surface area contributed by atoms with Crippen LogP contribution in [0.3, 0.4) is 0 Å². The molecule has 0 N–H and O–H groups in total. The molecule has 0 unspecified atom stereocenters. The molecule has 1 atom stereocenters. The third-order valence-corrected chi connectivity index (χ3v) is 4.78. The predicted molar refractivity (Wildman–Crippen MR) is 109 cm³/mol. The van der Waals surface area contributed by atoms with E-state index in [-0.39, 0.29) is 5.91 Å². The van der Waals surface area contributed by atoms with E-state index in [0.29, 0.717) is 12.0 Å². The van der Waals surface area contributed by atoms with Gasteiger partial charge < -0.3 is 9.64 Å². The van der Waals surface area contributed by atoms with E-state index >= 15 is 0 Å². The molecule has 0 fully saturated rings. The maximum absolute atomic E-state index is 13.0. The quantitative estimate of drug-likeness (QED) is 0.603. The molecule has 7 nitrogen and oxygen atoms in total. The zero-order valence-electron chi connectivity index (χ0n) is 17.0. The fourth-order valence-corrected chi connectivity index (χ4v) is 3.31. The molecule has 2 aromatic carbocycles. The zero-order valence-corrected chi connectivity index (χ0v) is 17.0. The van der Waals surface area contributed by atoms with Crippen LogP contribution >= 0.6 is 0 Å². The Morgan fingerprint density at radius 2 is 1.76 bits per heavy atom. The molecule has 1 amide bonds. The third kappa shape index (κ3) is 4.68. The molecule has 0 aliphatic carbocycles. The number of carbonyl (C=O) groups excluding carboxylic acids is 2. The van der Waals surface area contributed by atoms with Gasteiger partial charge in [-0.25, -0.2) is 9.48 Å². The van der Waals surface area contributed by atoms with E-state index in [1.54, 1.807) is 24.1 Å². The lowest BCUT2D eigenvalue weighted by Gasteiger charge is -2.26. The largest absolute Gasteiger partial charge is 0.467 e. The smallest absolute Gasteiger partial charge is 0.328 e. The van der Waals surface area contributed by atoms with Gasteiger partial charge in [-0.3, -0.25) is 4.79 Å². The van der Waals surface area contributed by atoms with Crippen molar-refractivity contribution in [2.75, 3.05) is 14.2 Å². The van der Waals surface area contributed by atoms with Crippen LogP contribution in [0.4, 0.5) is 0 Å². The summed E-state index contributed by atoms with van der Waals surface area (Å²) in [4.78, 5) is 26.9. The number of ether oxygens (including phenoxy) is 1. The molecule has 0 aliphatic heterocycles. The Morgan fingerprint density at radius 1 is 1.10 bits per heavy atom. The van der Waals surface area contributed by atoms with Crippen molar-refractivity contribution in [1.29, 1.82) is 0 Å². The van der Waals surface area contributed by atoms with Crippen molar-refractivity contribution in [2.24, 2.45) is 0 Å². The molecule has 7 heteroatoms. The van der Waals surface area contributed by atoms with Crippen LogP contribution < -0.4 is 0 Å². The molecule has 0 saturated heterocycles. The van der Waals surface area contributed by atoms with Gasteiger partial charge in [-0.2, -0.15) is 0 Å². The number of hydrogen-bond donors (Lipinski definition) is 0. The second-order valence-electron chi connectivity index (χ2n) is 7.05. The van der Waals surface area contributed by atoms with Crippen LogP contribution in [0.5, 0.6) is 0 Å². The summed E-state index contributed by atoms with van der Waals surface area (Å²) < 4.78 is 6.62. The van der Waals surface area contributed by atoms with Crippen molar-refractivity contribution < 1.29 is 14.3 Å². The molecule has 1 aromatic heterocycles. The molecule has 0 saturated carbocycles. The van der Waals surface area contributed by atoms with Crippen LogP contribution in [-0.4, -0.2) is 52.0 Å². The van der Waals surface area contributed by atoms with Gasteiger partial charge in [-0.1, -0.05) is 34.5 Å². The molecular formula is C22H24N4O3. The first-order chi connectivity index (χ1) is 13.9. The van der Waals surface area contributed by atoms with Crippen molar-refractivity contribution in [3.05, 3.63) is 77.1 Å². The van der Waals surface area contributed by atoms with E-state index in [1.807, 2.05) is 56.3 Å². The van der Waals surface area contributed by atoms with Gasteiger partial charge in [0.25, 0.3) is 5.91 Å². The molecule has 0 spiro atoms. The van der Waals surface area contributed by atoms with E-state index in [0.717, 1.165) is 22.4 Å². The minimum atomic E-state index is -0.731. The first-order valence-corrected chi connectivity index (χ1v) is 9.28. The number of aromatic nitrogens is 3. The molecule has 29 heavy (non-hydrogen) atoms.